The van der Waals surface area contributed by atoms with Gasteiger partial charge in [-0.3, -0.25) is 0 Å². The third kappa shape index (κ3) is 4.37. The summed E-state index contributed by atoms with van der Waals surface area (Å²) in [5.74, 6) is 0.0302. The molecule has 0 radical (unpaired) electrons. The zero-order valence-corrected chi connectivity index (χ0v) is 17.3. The minimum atomic E-state index is -3.78. The molecule has 10 heteroatoms. The molecule has 1 aromatic heterocycles. The van der Waals surface area contributed by atoms with Crippen LogP contribution in [0.1, 0.15) is 27.7 Å². The zero-order chi connectivity index (χ0) is 19.8. The van der Waals surface area contributed by atoms with Crippen molar-refractivity contribution >= 4 is 22.6 Å². The van der Waals surface area contributed by atoms with Crippen molar-refractivity contribution in [2.45, 2.75) is 43.8 Å². The number of ether oxygens (including phenoxy) is 1. The molecule has 1 aromatic rings. The topological polar surface area (TPSA) is 90.0 Å². The maximum absolute atomic E-state index is 12.7. The number of aromatic nitrogens is 1. The highest BCUT2D eigenvalue weighted by molar-refractivity contribution is 7.89. The number of hydrogen-bond donors (Lipinski definition) is 1. The van der Waals surface area contributed by atoms with Crippen LogP contribution in [-0.4, -0.2) is 70.9 Å². The number of pyridine rings is 1. The lowest BCUT2D eigenvalue weighted by molar-refractivity contribution is 0.00578. The molecular formula is C16H28BN3O5S. The van der Waals surface area contributed by atoms with Crippen molar-refractivity contribution in [2.75, 3.05) is 34.3 Å². The van der Waals surface area contributed by atoms with Crippen molar-refractivity contribution in [1.29, 1.82) is 0 Å². The second kappa shape index (κ2) is 7.44. The third-order valence-corrected chi connectivity index (χ3v) is 6.15. The lowest BCUT2D eigenvalue weighted by atomic mass is 9.80. The van der Waals surface area contributed by atoms with E-state index in [1.165, 1.54) is 19.4 Å². The van der Waals surface area contributed by atoms with E-state index in [1.807, 2.05) is 46.7 Å². The van der Waals surface area contributed by atoms with E-state index in [4.69, 9.17) is 14.0 Å². The van der Waals surface area contributed by atoms with Gasteiger partial charge in [0.25, 0.3) is 0 Å². The molecule has 1 saturated heterocycles. The van der Waals surface area contributed by atoms with Gasteiger partial charge in [0.1, 0.15) is 4.90 Å². The van der Waals surface area contributed by atoms with Gasteiger partial charge in [0.15, 0.2) is 0 Å². The van der Waals surface area contributed by atoms with Gasteiger partial charge < -0.3 is 18.9 Å². The number of nitrogens with one attached hydrogen (secondary N) is 1. The maximum Gasteiger partial charge on any atom is 0.496 e. The molecule has 0 amide bonds. The molecule has 0 atom stereocenters. The molecule has 1 N–H and O–H groups in total. The van der Waals surface area contributed by atoms with E-state index in [2.05, 4.69) is 9.71 Å². The summed E-state index contributed by atoms with van der Waals surface area (Å²) >= 11 is 0. The molecule has 146 valence electrons. The van der Waals surface area contributed by atoms with Gasteiger partial charge >= 0.3 is 7.12 Å². The first-order chi connectivity index (χ1) is 11.9. The molecule has 1 aliphatic rings. The average Bonchev–Trinajstić information content (AvgIpc) is 2.74. The molecule has 2 heterocycles. The van der Waals surface area contributed by atoms with Crippen LogP contribution in [0.2, 0.25) is 0 Å². The minimum Gasteiger partial charge on any atom is -0.480 e. The van der Waals surface area contributed by atoms with Crippen LogP contribution in [0, 0.1) is 0 Å². The largest absolute Gasteiger partial charge is 0.496 e. The van der Waals surface area contributed by atoms with Crippen molar-refractivity contribution in [1.82, 2.24) is 14.6 Å². The summed E-state index contributed by atoms with van der Waals surface area (Å²) in [5.41, 5.74) is -0.529. The monoisotopic (exact) mass is 385 g/mol. The molecule has 1 fully saturated rings. The minimum absolute atomic E-state index is 0.0302. The summed E-state index contributed by atoms with van der Waals surface area (Å²) in [6, 6.07) is 1.49. The molecule has 2 rings (SSSR count). The fourth-order valence-corrected chi connectivity index (χ4v) is 3.56. The van der Waals surface area contributed by atoms with E-state index in [1.54, 1.807) is 0 Å². The van der Waals surface area contributed by atoms with Crippen LogP contribution in [0.5, 0.6) is 5.88 Å². The van der Waals surface area contributed by atoms with Crippen LogP contribution in [0.3, 0.4) is 0 Å². The standard InChI is InChI=1S/C16H28BN3O5S/c1-15(2)16(3,4)25-17(24-15)12-10-13(14(23-7)18-11-12)26(21,22)19-8-9-20(5)6/h10-11,19H,8-9H2,1-7H3. The summed E-state index contributed by atoms with van der Waals surface area (Å²) in [5, 5.41) is 0. The smallest absolute Gasteiger partial charge is 0.480 e. The normalized spacial score (nSPS) is 19.2. The van der Waals surface area contributed by atoms with Gasteiger partial charge in [-0.2, -0.15) is 0 Å². The number of likely N-dealkylation sites (N-methyl/N-ethyl adjacent to an activating group) is 1. The van der Waals surface area contributed by atoms with Gasteiger partial charge in [0.2, 0.25) is 15.9 Å². The summed E-state index contributed by atoms with van der Waals surface area (Å²) in [4.78, 5) is 5.99. The first-order valence-corrected chi connectivity index (χ1v) is 9.92. The Morgan fingerprint density at radius 2 is 1.81 bits per heavy atom. The lowest BCUT2D eigenvalue weighted by Gasteiger charge is -2.32. The van der Waals surface area contributed by atoms with E-state index < -0.39 is 28.3 Å². The zero-order valence-electron chi connectivity index (χ0n) is 16.5. The Balaban J connectivity index is 2.32. The molecule has 0 saturated carbocycles. The SMILES string of the molecule is COc1ncc(B2OC(C)(C)C(C)(C)O2)cc1S(=O)(=O)NCCN(C)C. The Bertz CT molecular complexity index is 736. The summed E-state index contributed by atoms with van der Waals surface area (Å²) in [6.07, 6.45) is 1.51. The summed E-state index contributed by atoms with van der Waals surface area (Å²) < 4.78 is 45.0. The van der Waals surface area contributed by atoms with Crippen LogP contribution >= 0.6 is 0 Å². The third-order valence-electron chi connectivity index (χ3n) is 4.70. The van der Waals surface area contributed by atoms with Gasteiger partial charge in [-0.15, -0.1) is 0 Å². The number of nitrogens with zero attached hydrogens (tertiary/aromatic N) is 2. The van der Waals surface area contributed by atoms with Crippen molar-refractivity contribution < 1.29 is 22.5 Å². The van der Waals surface area contributed by atoms with Gasteiger partial charge in [-0.05, 0) is 47.9 Å². The van der Waals surface area contributed by atoms with Gasteiger partial charge in [-0.25, -0.2) is 18.1 Å². The molecular weight excluding hydrogens is 357 g/mol. The maximum atomic E-state index is 12.7. The fourth-order valence-electron chi connectivity index (χ4n) is 2.38. The molecule has 0 bridgehead atoms. The molecule has 0 aliphatic carbocycles. The molecule has 1 aliphatic heterocycles. The summed E-state index contributed by atoms with van der Waals surface area (Å²) in [7, 11) is 0.642. The van der Waals surface area contributed by atoms with Gasteiger partial charge in [-0.1, -0.05) is 0 Å². The second-order valence-electron chi connectivity index (χ2n) is 7.57. The highest BCUT2D eigenvalue weighted by Gasteiger charge is 2.52. The van der Waals surface area contributed by atoms with Crippen molar-refractivity contribution in [3.63, 3.8) is 0 Å². The Morgan fingerprint density at radius 3 is 2.31 bits per heavy atom. The molecule has 0 spiro atoms. The van der Waals surface area contributed by atoms with E-state index in [-0.39, 0.29) is 17.3 Å². The Labute approximate surface area is 156 Å². The van der Waals surface area contributed by atoms with E-state index in [0.717, 1.165) is 0 Å². The lowest BCUT2D eigenvalue weighted by Crippen LogP contribution is -2.41. The highest BCUT2D eigenvalue weighted by Crippen LogP contribution is 2.36. The van der Waals surface area contributed by atoms with E-state index >= 15 is 0 Å². The summed E-state index contributed by atoms with van der Waals surface area (Å²) in [6.45, 7) is 8.59. The van der Waals surface area contributed by atoms with Crippen molar-refractivity contribution in [2.24, 2.45) is 0 Å². The number of hydrogen-bond acceptors (Lipinski definition) is 7. The first-order valence-electron chi connectivity index (χ1n) is 8.43. The van der Waals surface area contributed by atoms with Gasteiger partial charge in [0.05, 0.1) is 18.3 Å². The Hall–Kier alpha value is -1.20. The number of sulfonamides is 1. The Kier molecular flexibility index (Phi) is 6.04. The molecule has 8 nitrogen and oxygen atoms in total. The van der Waals surface area contributed by atoms with Crippen molar-refractivity contribution in [3.8, 4) is 5.88 Å². The van der Waals surface area contributed by atoms with E-state index in [9.17, 15) is 8.42 Å². The van der Waals surface area contributed by atoms with Crippen LogP contribution in [0.25, 0.3) is 0 Å². The van der Waals surface area contributed by atoms with Crippen molar-refractivity contribution in [3.05, 3.63) is 12.3 Å². The predicted octanol–water partition coefficient (Wildman–Crippen LogP) is 0.229. The number of rotatable bonds is 7. The molecule has 0 aromatic carbocycles. The second-order valence-corrected chi connectivity index (χ2v) is 9.30. The number of methoxy groups -OCH3 is 1. The Morgan fingerprint density at radius 1 is 1.23 bits per heavy atom. The van der Waals surface area contributed by atoms with Crippen LogP contribution in [0.15, 0.2) is 17.2 Å². The highest BCUT2D eigenvalue weighted by atomic mass is 32.2. The van der Waals surface area contributed by atoms with E-state index in [0.29, 0.717) is 12.0 Å². The van der Waals surface area contributed by atoms with Crippen LogP contribution in [-0.2, 0) is 19.3 Å². The molecule has 0 unspecified atom stereocenters. The molecule has 26 heavy (non-hydrogen) atoms. The first kappa shape index (κ1) is 21.1. The predicted molar refractivity (Wildman–Crippen MR) is 100 cm³/mol. The fraction of sp³-hybridized carbons (Fsp3) is 0.688. The quantitative estimate of drug-likeness (QED) is 0.672. The van der Waals surface area contributed by atoms with Crippen LogP contribution in [0.4, 0.5) is 0 Å². The average molecular weight is 385 g/mol. The van der Waals surface area contributed by atoms with Crippen LogP contribution < -0.4 is 14.9 Å². The van der Waals surface area contributed by atoms with Gasteiger partial charge in [0, 0.05) is 24.7 Å².